The van der Waals surface area contributed by atoms with Crippen LogP contribution in [0.2, 0.25) is 5.15 Å². The van der Waals surface area contributed by atoms with Crippen LogP contribution in [0.3, 0.4) is 0 Å². The molecule has 31 heavy (non-hydrogen) atoms. The molecule has 2 amide bonds. The Labute approximate surface area is 187 Å². The number of benzene rings is 1. The first kappa shape index (κ1) is 21.5. The number of amides is 2. The summed E-state index contributed by atoms with van der Waals surface area (Å²) in [6.45, 7) is 2.93. The monoisotopic (exact) mass is 461 g/mol. The van der Waals surface area contributed by atoms with Gasteiger partial charge in [0.25, 0.3) is 5.91 Å². The minimum Gasteiger partial charge on any atom is -0.338 e. The number of piperidine rings is 1. The largest absolute Gasteiger partial charge is 0.338 e. The van der Waals surface area contributed by atoms with Crippen LogP contribution in [0.15, 0.2) is 35.8 Å². The van der Waals surface area contributed by atoms with Crippen LogP contribution >= 0.6 is 22.9 Å². The van der Waals surface area contributed by atoms with E-state index in [9.17, 15) is 14.0 Å². The molecule has 0 saturated carbocycles. The quantitative estimate of drug-likeness (QED) is 0.623. The fraction of sp³-hybridized carbons (Fsp3) is 0.333. The Morgan fingerprint density at radius 3 is 2.81 bits per heavy atom. The van der Waals surface area contributed by atoms with Crippen molar-refractivity contribution in [2.45, 2.75) is 26.3 Å². The lowest BCUT2D eigenvalue weighted by molar-refractivity contribution is -0.121. The maximum Gasteiger partial charge on any atom is 0.258 e. The van der Waals surface area contributed by atoms with Crippen molar-refractivity contribution in [2.75, 3.05) is 18.4 Å². The molecule has 1 saturated heterocycles. The van der Waals surface area contributed by atoms with Crippen LogP contribution in [0.4, 0.5) is 9.52 Å². The number of nitrogens with zero attached hydrogens (tertiary/aromatic N) is 4. The number of likely N-dealkylation sites (tertiary alicyclic amines) is 1. The summed E-state index contributed by atoms with van der Waals surface area (Å²) < 4.78 is 14.7. The Hall–Kier alpha value is -2.78. The fourth-order valence-electron chi connectivity index (χ4n) is 3.69. The van der Waals surface area contributed by atoms with Crippen molar-refractivity contribution in [3.63, 3.8) is 0 Å². The topological polar surface area (TPSA) is 80.1 Å². The lowest BCUT2D eigenvalue weighted by Crippen LogP contribution is -2.44. The summed E-state index contributed by atoms with van der Waals surface area (Å²) in [5.74, 6) is -1.00. The number of hydrogen-bond donors (Lipinski definition) is 1. The molecule has 0 aliphatic carbocycles. The maximum atomic E-state index is 13.2. The van der Waals surface area contributed by atoms with Gasteiger partial charge in [0.1, 0.15) is 11.0 Å². The zero-order chi connectivity index (χ0) is 22.0. The number of carbonyl (C=O) groups excluding carboxylic acids is 2. The standard InChI is InChI=1S/C21H21ClFN5O2S/c1-13-17(18(22)28(26-13)11-14-4-6-16(23)7-5-14)20(30)27-9-2-3-15(12-27)19(29)25-21-24-8-10-31-21/h4-8,10,15H,2-3,9,11-12H2,1H3,(H,24,25,29). The van der Waals surface area contributed by atoms with Gasteiger partial charge >= 0.3 is 0 Å². The molecular weight excluding hydrogens is 441 g/mol. The highest BCUT2D eigenvalue weighted by Crippen LogP contribution is 2.26. The SMILES string of the molecule is Cc1nn(Cc2ccc(F)cc2)c(Cl)c1C(=O)N1CCCC(C(=O)Nc2nccs2)C1. The Morgan fingerprint density at radius 1 is 1.32 bits per heavy atom. The van der Waals surface area contributed by atoms with E-state index in [0.717, 1.165) is 12.0 Å². The first-order chi connectivity index (χ1) is 14.9. The van der Waals surface area contributed by atoms with Gasteiger partial charge in [0, 0.05) is 24.7 Å². The average Bonchev–Trinajstić information content (AvgIpc) is 3.37. The molecule has 3 aromatic rings. The predicted octanol–water partition coefficient (Wildman–Crippen LogP) is 3.98. The smallest absolute Gasteiger partial charge is 0.258 e. The highest BCUT2D eigenvalue weighted by Gasteiger charge is 2.32. The van der Waals surface area contributed by atoms with E-state index in [2.05, 4.69) is 15.4 Å². The number of carbonyl (C=O) groups is 2. The summed E-state index contributed by atoms with van der Waals surface area (Å²) in [5, 5.41) is 9.80. The van der Waals surface area contributed by atoms with Crippen molar-refractivity contribution in [1.29, 1.82) is 0 Å². The van der Waals surface area contributed by atoms with Crippen molar-refractivity contribution in [1.82, 2.24) is 19.7 Å². The van der Waals surface area contributed by atoms with Crippen molar-refractivity contribution in [3.8, 4) is 0 Å². The fourth-order valence-corrected chi connectivity index (χ4v) is 4.54. The van der Waals surface area contributed by atoms with Crippen LogP contribution < -0.4 is 5.32 Å². The second-order valence-corrected chi connectivity index (χ2v) is 8.70. The van der Waals surface area contributed by atoms with E-state index < -0.39 is 0 Å². The molecule has 1 atom stereocenters. The average molecular weight is 462 g/mol. The third-order valence-electron chi connectivity index (χ3n) is 5.27. The first-order valence-electron chi connectivity index (χ1n) is 9.89. The zero-order valence-corrected chi connectivity index (χ0v) is 18.4. The van der Waals surface area contributed by atoms with E-state index in [1.165, 1.54) is 28.2 Å². The molecule has 1 aromatic carbocycles. The van der Waals surface area contributed by atoms with Gasteiger partial charge in [0.15, 0.2) is 5.13 Å². The molecule has 10 heteroatoms. The number of anilines is 1. The van der Waals surface area contributed by atoms with Crippen LogP contribution in [0, 0.1) is 18.7 Å². The van der Waals surface area contributed by atoms with Gasteiger partial charge < -0.3 is 10.2 Å². The normalized spacial score (nSPS) is 16.4. The van der Waals surface area contributed by atoms with Gasteiger partial charge in [-0.25, -0.2) is 14.1 Å². The van der Waals surface area contributed by atoms with E-state index >= 15 is 0 Å². The Bertz CT molecular complexity index is 1080. The molecule has 7 nitrogen and oxygen atoms in total. The summed E-state index contributed by atoms with van der Waals surface area (Å²) in [7, 11) is 0. The molecule has 0 spiro atoms. The van der Waals surface area contributed by atoms with Crippen LogP contribution in [-0.2, 0) is 11.3 Å². The molecule has 2 aromatic heterocycles. The Kier molecular flexibility index (Phi) is 6.33. The third-order valence-corrected chi connectivity index (χ3v) is 6.34. The molecule has 1 N–H and O–H groups in total. The number of hydrogen-bond acceptors (Lipinski definition) is 5. The van der Waals surface area contributed by atoms with E-state index in [-0.39, 0.29) is 28.7 Å². The number of halogens is 2. The predicted molar refractivity (Wildman–Crippen MR) is 117 cm³/mol. The molecule has 0 radical (unpaired) electrons. The van der Waals surface area contributed by atoms with Crippen LogP contribution in [0.5, 0.6) is 0 Å². The van der Waals surface area contributed by atoms with E-state index in [1.54, 1.807) is 35.5 Å². The van der Waals surface area contributed by atoms with Crippen LogP contribution in [0.25, 0.3) is 0 Å². The minimum atomic E-state index is -0.319. The van der Waals surface area contributed by atoms with Crippen LogP contribution in [-0.4, -0.2) is 44.6 Å². The van der Waals surface area contributed by atoms with Crippen molar-refractivity contribution in [2.24, 2.45) is 5.92 Å². The Balaban J connectivity index is 1.47. The number of aryl methyl sites for hydroxylation is 1. The molecule has 1 unspecified atom stereocenters. The summed E-state index contributed by atoms with van der Waals surface area (Å²) >= 11 is 7.87. The van der Waals surface area contributed by atoms with E-state index in [1.807, 2.05) is 0 Å². The molecular formula is C21H21ClFN5O2S. The van der Waals surface area contributed by atoms with Gasteiger partial charge in [-0.1, -0.05) is 23.7 Å². The second kappa shape index (κ2) is 9.15. The highest BCUT2D eigenvalue weighted by atomic mass is 35.5. The molecule has 1 aliphatic rings. The highest BCUT2D eigenvalue weighted by molar-refractivity contribution is 7.13. The molecule has 0 bridgehead atoms. The first-order valence-corrected chi connectivity index (χ1v) is 11.1. The third kappa shape index (κ3) is 4.77. The zero-order valence-electron chi connectivity index (χ0n) is 16.8. The number of nitrogens with one attached hydrogen (secondary N) is 1. The molecule has 1 fully saturated rings. The number of aromatic nitrogens is 3. The summed E-state index contributed by atoms with van der Waals surface area (Å²) in [4.78, 5) is 31.6. The lowest BCUT2D eigenvalue weighted by Gasteiger charge is -2.31. The van der Waals surface area contributed by atoms with Crippen molar-refractivity contribution in [3.05, 3.63) is 63.6 Å². The lowest BCUT2D eigenvalue weighted by atomic mass is 9.96. The van der Waals surface area contributed by atoms with Gasteiger partial charge in [-0.05, 0) is 37.5 Å². The number of rotatable bonds is 5. The van der Waals surface area contributed by atoms with Gasteiger partial charge in [0.2, 0.25) is 5.91 Å². The van der Waals surface area contributed by atoms with Gasteiger partial charge in [-0.2, -0.15) is 5.10 Å². The summed E-state index contributed by atoms with van der Waals surface area (Å²) in [6, 6.07) is 6.05. The van der Waals surface area contributed by atoms with Crippen LogP contribution in [0.1, 0.15) is 34.5 Å². The number of thiazole rings is 1. The molecule has 162 valence electrons. The molecule has 1 aliphatic heterocycles. The van der Waals surface area contributed by atoms with Crippen molar-refractivity contribution >= 4 is 39.9 Å². The summed E-state index contributed by atoms with van der Waals surface area (Å²) in [6.07, 6.45) is 3.06. The van der Waals surface area contributed by atoms with Crippen molar-refractivity contribution < 1.29 is 14.0 Å². The maximum absolute atomic E-state index is 13.2. The molecule has 3 heterocycles. The Morgan fingerprint density at radius 2 is 2.10 bits per heavy atom. The van der Waals surface area contributed by atoms with Gasteiger partial charge in [-0.3, -0.25) is 9.59 Å². The minimum absolute atomic E-state index is 0.137. The van der Waals surface area contributed by atoms with E-state index in [0.29, 0.717) is 42.4 Å². The second-order valence-electron chi connectivity index (χ2n) is 7.45. The van der Waals surface area contributed by atoms with Gasteiger partial charge in [0.05, 0.1) is 23.7 Å². The van der Waals surface area contributed by atoms with Gasteiger partial charge in [-0.15, -0.1) is 11.3 Å². The molecule has 4 rings (SSSR count). The summed E-state index contributed by atoms with van der Waals surface area (Å²) in [5.41, 5.74) is 1.68. The van der Waals surface area contributed by atoms with E-state index in [4.69, 9.17) is 11.6 Å².